The van der Waals surface area contributed by atoms with Crippen molar-refractivity contribution in [1.29, 1.82) is 0 Å². The molecule has 2 heterocycles. The van der Waals surface area contributed by atoms with Gasteiger partial charge in [-0.3, -0.25) is 9.69 Å². The fraction of sp³-hybridized carbons (Fsp3) is 0.632. The van der Waals surface area contributed by atoms with Crippen molar-refractivity contribution in [2.24, 2.45) is 0 Å². The van der Waals surface area contributed by atoms with Gasteiger partial charge in [0.05, 0.1) is 18.8 Å². The second-order valence-electron chi connectivity index (χ2n) is 6.63. The van der Waals surface area contributed by atoms with Gasteiger partial charge in [-0.25, -0.2) is 0 Å². The third-order valence-corrected chi connectivity index (χ3v) is 4.99. The SMILES string of the molecule is C[C@H]1CCCCN1CCOc1ccccc1C(=O)N1CCOCC1. The van der Waals surface area contributed by atoms with Crippen LogP contribution >= 0.6 is 0 Å². The maximum Gasteiger partial charge on any atom is 0.257 e. The van der Waals surface area contributed by atoms with E-state index in [0.717, 1.165) is 13.1 Å². The van der Waals surface area contributed by atoms with Crippen LogP contribution in [0.5, 0.6) is 5.75 Å². The average Bonchev–Trinajstić information content (AvgIpc) is 2.64. The van der Waals surface area contributed by atoms with Crippen molar-refractivity contribution in [3.05, 3.63) is 29.8 Å². The number of rotatable bonds is 5. The van der Waals surface area contributed by atoms with Crippen LogP contribution in [0.3, 0.4) is 0 Å². The molecule has 3 rings (SSSR count). The number of nitrogens with zero attached hydrogens (tertiary/aromatic N) is 2. The lowest BCUT2D eigenvalue weighted by atomic mass is 10.0. The number of piperidine rings is 1. The van der Waals surface area contributed by atoms with Crippen LogP contribution in [0.4, 0.5) is 0 Å². The molecule has 0 radical (unpaired) electrons. The van der Waals surface area contributed by atoms with E-state index in [-0.39, 0.29) is 5.91 Å². The molecule has 5 heteroatoms. The number of morpholine rings is 1. The molecule has 0 aromatic heterocycles. The third kappa shape index (κ3) is 4.28. The number of carbonyl (C=O) groups excluding carboxylic acids is 1. The molecule has 2 aliphatic rings. The Morgan fingerprint density at radius 2 is 2.00 bits per heavy atom. The lowest BCUT2D eigenvalue weighted by Gasteiger charge is -2.33. The van der Waals surface area contributed by atoms with Gasteiger partial charge in [-0.05, 0) is 38.4 Å². The summed E-state index contributed by atoms with van der Waals surface area (Å²) < 4.78 is 11.3. The van der Waals surface area contributed by atoms with Gasteiger partial charge in [0.1, 0.15) is 12.4 Å². The fourth-order valence-corrected chi connectivity index (χ4v) is 3.47. The number of hydrogen-bond acceptors (Lipinski definition) is 4. The number of ether oxygens (including phenoxy) is 2. The molecule has 0 saturated carbocycles. The van der Waals surface area contributed by atoms with Crippen molar-refractivity contribution >= 4 is 5.91 Å². The van der Waals surface area contributed by atoms with E-state index in [0.29, 0.717) is 50.3 Å². The van der Waals surface area contributed by atoms with Crippen LogP contribution in [0.1, 0.15) is 36.5 Å². The van der Waals surface area contributed by atoms with Crippen molar-refractivity contribution in [1.82, 2.24) is 9.80 Å². The normalized spacial score (nSPS) is 22.4. The maximum atomic E-state index is 12.7. The zero-order valence-corrected chi connectivity index (χ0v) is 14.6. The minimum absolute atomic E-state index is 0.0419. The zero-order valence-electron chi connectivity index (χ0n) is 14.6. The van der Waals surface area contributed by atoms with Crippen molar-refractivity contribution in [2.45, 2.75) is 32.2 Å². The van der Waals surface area contributed by atoms with Crippen LogP contribution in [0.25, 0.3) is 0 Å². The van der Waals surface area contributed by atoms with E-state index in [4.69, 9.17) is 9.47 Å². The van der Waals surface area contributed by atoms with Gasteiger partial charge in [0.15, 0.2) is 0 Å². The molecule has 2 saturated heterocycles. The van der Waals surface area contributed by atoms with Gasteiger partial charge in [-0.2, -0.15) is 0 Å². The van der Waals surface area contributed by atoms with E-state index in [1.165, 1.54) is 19.3 Å². The summed E-state index contributed by atoms with van der Waals surface area (Å²) >= 11 is 0. The summed E-state index contributed by atoms with van der Waals surface area (Å²) in [6, 6.07) is 8.21. The summed E-state index contributed by atoms with van der Waals surface area (Å²) in [5.74, 6) is 0.735. The fourth-order valence-electron chi connectivity index (χ4n) is 3.47. The Kier molecular flexibility index (Phi) is 6.10. The molecule has 132 valence electrons. The summed E-state index contributed by atoms with van der Waals surface area (Å²) in [6.45, 7) is 7.51. The van der Waals surface area contributed by atoms with Gasteiger partial charge < -0.3 is 14.4 Å². The minimum atomic E-state index is 0.0419. The third-order valence-electron chi connectivity index (χ3n) is 4.99. The van der Waals surface area contributed by atoms with Gasteiger partial charge in [0, 0.05) is 25.7 Å². The average molecular weight is 332 g/mol. The van der Waals surface area contributed by atoms with Crippen LogP contribution in [0, 0.1) is 0 Å². The molecule has 0 unspecified atom stereocenters. The molecule has 5 nitrogen and oxygen atoms in total. The first kappa shape index (κ1) is 17.2. The summed E-state index contributed by atoms with van der Waals surface area (Å²) in [4.78, 5) is 17.0. The van der Waals surface area contributed by atoms with E-state index in [9.17, 15) is 4.79 Å². The molecule has 0 N–H and O–H groups in total. The number of carbonyl (C=O) groups is 1. The molecule has 0 spiro atoms. The Labute approximate surface area is 144 Å². The summed E-state index contributed by atoms with van der Waals surface area (Å²) in [5.41, 5.74) is 0.658. The lowest BCUT2D eigenvalue weighted by Crippen LogP contribution is -2.41. The van der Waals surface area contributed by atoms with Gasteiger partial charge in [0.2, 0.25) is 0 Å². The molecule has 1 aromatic carbocycles. The van der Waals surface area contributed by atoms with Crippen molar-refractivity contribution in [3.63, 3.8) is 0 Å². The van der Waals surface area contributed by atoms with E-state index < -0.39 is 0 Å². The Bertz CT molecular complexity index is 543. The predicted molar refractivity (Wildman–Crippen MR) is 93.5 cm³/mol. The molecular formula is C19H28N2O3. The molecule has 1 amide bonds. The van der Waals surface area contributed by atoms with E-state index in [2.05, 4.69) is 11.8 Å². The van der Waals surface area contributed by atoms with Crippen LogP contribution in [-0.2, 0) is 4.74 Å². The largest absolute Gasteiger partial charge is 0.491 e. The molecule has 2 aliphatic heterocycles. The van der Waals surface area contributed by atoms with Crippen molar-refractivity contribution < 1.29 is 14.3 Å². The molecule has 1 atom stereocenters. The monoisotopic (exact) mass is 332 g/mol. The van der Waals surface area contributed by atoms with Gasteiger partial charge in [-0.1, -0.05) is 18.6 Å². The molecule has 24 heavy (non-hydrogen) atoms. The highest BCUT2D eigenvalue weighted by Crippen LogP contribution is 2.21. The summed E-state index contributed by atoms with van der Waals surface area (Å²) in [7, 11) is 0. The first-order valence-corrected chi connectivity index (χ1v) is 9.08. The quantitative estimate of drug-likeness (QED) is 0.830. The van der Waals surface area contributed by atoms with Gasteiger partial charge in [0.25, 0.3) is 5.91 Å². The first-order valence-electron chi connectivity index (χ1n) is 9.08. The van der Waals surface area contributed by atoms with Crippen LogP contribution < -0.4 is 4.74 Å². The molecule has 0 aliphatic carbocycles. The predicted octanol–water partition coefficient (Wildman–Crippen LogP) is 2.41. The molecule has 0 bridgehead atoms. The Balaban J connectivity index is 1.58. The van der Waals surface area contributed by atoms with E-state index in [1.807, 2.05) is 29.2 Å². The van der Waals surface area contributed by atoms with E-state index in [1.54, 1.807) is 0 Å². The highest BCUT2D eigenvalue weighted by atomic mass is 16.5. The number of amides is 1. The number of hydrogen-bond donors (Lipinski definition) is 0. The Hall–Kier alpha value is -1.59. The van der Waals surface area contributed by atoms with Gasteiger partial charge in [-0.15, -0.1) is 0 Å². The van der Waals surface area contributed by atoms with Crippen LogP contribution in [-0.4, -0.2) is 67.7 Å². The smallest absolute Gasteiger partial charge is 0.257 e. The van der Waals surface area contributed by atoms with Crippen LogP contribution in [0.2, 0.25) is 0 Å². The highest BCUT2D eigenvalue weighted by molar-refractivity contribution is 5.97. The first-order chi connectivity index (χ1) is 11.8. The second-order valence-corrected chi connectivity index (χ2v) is 6.63. The number of para-hydroxylation sites is 1. The topological polar surface area (TPSA) is 42.0 Å². The van der Waals surface area contributed by atoms with E-state index >= 15 is 0 Å². The minimum Gasteiger partial charge on any atom is -0.491 e. The van der Waals surface area contributed by atoms with Gasteiger partial charge >= 0.3 is 0 Å². The van der Waals surface area contributed by atoms with Crippen molar-refractivity contribution in [2.75, 3.05) is 46.0 Å². The van der Waals surface area contributed by atoms with Crippen LogP contribution in [0.15, 0.2) is 24.3 Å². The number of benzene rings is 1. The Morgan fingerprint density at radius 3 is 2.79 bits per heavy atom. The lowest BCUT2D eigenvalue weighted by molar-refractivity contribution is 0.0300. The maximum absolute atomic E-state index is 12.7. The summed E-state index contributed by atoms with van der Waals surface area (Å²) in [5, 5.41) is 0. The standard InChI is InChI=1S/C19H28N2O3/c1-16-6-4-5-9-20(16)12-15-24-18-8-3-2-7-17(18)19(22)21-10-13-23-14-11-21/h2-3,7-8,16H,4-6,9-15H2,1H3/t16-/m0/s1. The molecule has 1 aromatic rings. The van der Waals surface area contributed by atoms with Crippen molar-refractivity contribution in [3.8, 4) is 5.75 Å². The molecular weight excluding hydrogens is 304 g/mol. The Morgan fingerprint density at radius 1 is 1.21 bits per heavy atom. The zero-order chi connectivity index (χ0) is 16.8. The molecule has 2 fully saturated rings. The second kappa shape index (κ2) is 8.49. The summed E-state index contributed by atoms with van der Waals surface area (Å²) in [6.07, 6.45) is 3.87. The highest BCUT2D eigenvalue weighted by Gasteiger charge is 2.22. The number of likely N-dealkylation sites (tertiary alicyclic amines) is 1.